The molecule has 1 aromatic rings. The zero-order valence-corrected chi connectivity index (χ0v) is 12.6. The number of benzene rings is 1. The molecule has 3 atom stereocenters. The zero-order chi connectivity index (χ0) is 15.0. The second-order valence-electron chi connectivity index (χ2n) is 6.53. The minimum atomic E-state index is -0.0364. The van der Waals surface area contributed by atoms with Gasteiger partial charge in [0.2, 0.25) is 5.91 Å². The first-order valence-electron chi connectivity index (χ1n) is 7.76. The van der Waals surface area contributed by atoms with Gasteiger partial charge in [-0.1, -0.05) is 19.9 Å². The van der Waals surface area contributed by atoms with Gasteiger partial charge in [-0.25, -0.2) is 0 Å². The Bertz CT molecular complexity index is 582. The molecule has 1 saturated carbocycles. The van der Waals surface area contributed by atoms with Crippen molar-refractivity contribution in [3.63, 3.8) is 0 Å². The highest BCUT2D eigenvalue weighted by Crippen LogP contribution is 2.30. The van der Waals surface area contributed by atoms with Gasteiger partial charge in [-0.05, 0) is 48.8 Å². The maximum atomic E-state index is 12.4. The summed E-state index contributed by atoms with van der Waals surface area (Å²) in [4.78, 5) is 23.7. The summed E-state index contributed by atoms with van der Waals surface area (Å²) in [5.74, 6) is 1.36. The molecule has 1 heterocycles. The lowest BCUT2D eigenvalue weighted by Crippen LogP contribution is -2.39. The van der Waals surface area contributed by atoms with Crippen LogP contribution in [0.2, 0.25) is 0 Å². The Kier molecular flexibility index (Phi) is 3.70. The molecule has 4 nitrogen and oxygen atoms in total. The number of fused-ring (bicyclic) bond motifs is 1. The largest absolute Gasteiger partial charge is 0.349 e. The molecule has 1 aromatic carbocycles. The Hall–Kier alpha value is -1.84. The van der Waals surface area contributed by atoms with Crippen molar-refractivity contribution in [3.8, 4) is 0 Å². The lowest BCUT2D eigenvalue weighted by Gasteiger charge is -2.32. The van der Waals surface area contributed by atoms with Crippen LogP contribution in [0.4, 0.5) is 5.69 Å². The fourth-order valence-corrected chi connectivity index (χ4v) is 3.30. The maximum Gasteiger partial charge on any atom is 0.251 e. The zero-order valence-electron chi connectivity index (χ0n) is 12.6. The van der Waals surface area contributed by atoms with E-state index in [9.17, 15) is 9.59 Å². The maximum absolute atomic E-state index is 12.4. The molecule has 2 N–H and O–H groups in total. The summed E-state index contributed by atoms with van der Waals surface area (Å²) in [5.41, 5.74) is 2.37. The number of carbonyl (C=O) groups is 2. The Balaban J connectivity index is 1.66. The number of hydrogen-bond acceptors (Lipinski definition) is 2. The number of rotatable bonds is 2. The molecule has 112 valence electrons. The van der Waals surface area contributed by atoms with Crippen molar-refractivity contribution in [2.45, 2.75) is 45.6 Å². The van der Waals surface area contributed by atoms with E-state index in [1.165, 1.54) is 6.42 Å². The van der Waals surface area contributed by atoms with Crippen molar-refractivity contribution in [2.75, 3.05) is 5.32 Å². The summed E-state index contributed by atoms with van der Waals surface area (Å²) in [6.45, 7) is 4.54. The third-order valence-electron chi connectivity index (χ3n) is 4.93. The molecule has 1 aliphatic carbocycles. The minimum absolute atomic E-state index is 0.00217. The Morgan fingerprint density at radius 1 is 1.24 bits per heavy atom. The molecule has 21 heavy (non-hydrogen) atoms. The average molecular weight is 286 g/mol. The third-order valence-corrected chi connectivity index (χ3v) is 4.93. The number of amides is 2. The molecule has 2 amide bonds. The summed E-state index contributed by atoms with van der Waals surface area (Å²) in [6, 6.07) is 5.73. The van der Waals surface area contributed by atoms with Crippen LogP contribution in [0, 0.1) is 11.8 Å². The van der Waals surface area contributed by atoms with Crippen LogP contribution >= 0.6 is 0 Å². The van der Waals surface area contributed by atoms with Crippen LogP contribution in [0.3, 0.4) is 0 Å². The highest BCUT2D eigenvalue weighted by atomic mass is 16.2. The van der Waals surface area contributed by atoms with Crippen LogP contribution in [0.5, 0.6) is 0 Å². The number of nitrogens with one attached hydrogen (secondary N) is 2. The van der Waals surface area contributed by atoms with Crippen molar-refractivity contribution in [3.05, 3.63) is 29.3 Å². The molecule has 4 heteroatoms. The summed E-state index contributed by atoms with van der Waals surface area (Å²) in [5, 5.41) is 5.93. The molecule has 2 aliphatic rings. The molecule has 0 radical (unpaired) electrons. The molecule has 1 aliphatic heterocycles. The highest BCUT2D eigenvalue weighted by molar-refractivity contribution is 6.02. The van der Waals surface area contributed by atoms with Gasteiger partial charge in [0.25, 0.3) is 5.91 Å². The normalized spacial score (nSPS) is 27.9. The van der Waals surface area contributed by atoms with Gasteiger partial charge in [0.1, 0.15) is 0 Å². The number of anilines is 1. The van der Waals surface area contributed by atoms with E-state index in [-0.39, 0.29) is 17.9 Å². The smallest absolute Gasteiger partial charge is 0.251 e. The Labute approximate surface area is 125 Å². The van der Waals surface area contributed by atoms with Gasteiger partial charge in [-0.2, -0.15) is 0 Å². The van der Waals surface area contributed by atoms with Gasteiger partial charge in [0, 0.05) is 17.3 Å². The highest BCUT2D eigenvalue weighted by Gasteiger charge is 2.26. The standard InChI is InChI=1S/C17H22N2O2/c1-10-3-6-14(7-11(10)2)18-17(21)13-5-4-12-9-16(20)19-15(12)8-13/h4-5,8,10-11,14H,3,6-7,9H2,1-2H3,(H,18,21)(H,19,20). The monoisotopic (exact) mass is 286 g/mol. The predicted molar refractivity (Wildman–Crippen MR) is 82.2 cm³/mol. The molecular formula is C17H22N2O2. The second kappa shape index (κ2) is 5.51. The van der Waals surface area contributed by atoms with Gasteiger partial charge in [0.05, 0.1) is 6.42 Å². The molecule has 1 fully saturated rings. The van der Waals surface area contributed by atoms with Gasteiger partial charge in [-0.3, -0.25) is 9.59 Å². The van der Waals surface area contributed by atoms with Crippen molar-refractivity contribution in [1.82, 2.24) is 5.32 Å². The Morgan fingerprint density at radius 2 is 2.05 bits per heavy atom. The molecule has 0 spiro atoms. The van der Waals surface area contributed by atoms with Crippen LogP contribution in [0.15, 0.2) is 18.2 Å². The lowest BCUT2D eigenvalue weighted by molar-refractivity contribution is -0.115. The molecular weight excluding hydrogens is 264 g/mol. The van der Waals surface area contributed by atoms with Gasteiger partial charge >= 0.3 is 0 Å². The minimum Gasteiger partial charge on any atom is -0.349 e. The molecule has 0 bridgehead atoms. The van der Waals surface area contributed by atoms with E-state index < -0.39 is 0 Å². The summed E-state index contributed by atoms with van der Waals surface area (Å²) in [7, 11) is 0. The summed E-state index contributed by atoms with van der Waals surface area (Å²) < 4.78 is 0. The first-order chi connectivity index (χ1) is 10.0. The van der Waals surface area contributed by atoms with Crippen molar-refractivity contribution < 1.29 is 9.59 Å². The van der Waals surface area contributed by atoms with E-state index in [1.54, 1.807) is 6.07 Å². The van der Waals surface area contributed by atoms with Crippen molar-refractivity contribution >= 4 is 17.5 Å². The molecule has 3 unspecified atom stereocenters. The van der Waals surface area contributed by atoms with E-state index in [2.05, 4.69) is 24.5 Å². The number of hydrogen-bond donors (Lipinski definition) is 2. The van der Waals surface area contributed by atoms with Crippen LogP contribution in [-0.2, 0) is 11.2 Å². The van der Waals surface area contributed by atoms with Gasteiger partial charge in [0.15, 0.2) is 0 Å². The van der Waals surface area contributed by atoms with Crippen LogP contribution < -0.4 is 10.6 Å². The average Bonchev–Trinajstić information content (AvgIpc) is 2.82. The number of carbonyl (C=O) groups excluding carboxylic acids is 2. The van der Waals surface area contributed by atoms with E-state index in [1.807, 2.05) is 12.1 Å². The van der Waals surface area contributed by atoms with Crippen molar-refractivity contribution in [1.29, 1.82) is 0 Å². The lowest BCUT2D eigenvalue weighted by atomic mass is 9.79. The quantitative estimate of drug-likeness (QED) is 0.878. The van der Waals surface area contributed by atoms with E-state index in [0.717, 1.165) is 30.0 Å². The van der Waals surface area contributed by atoms with Crippen molar-refractivity contribution in [2.24, 2.45) is 11.8 Å². The SMILES string of the molecule is CC1CCC(NC(=O)c2ccc3c(c2)NC(=O)C3)CC1C. The van der Waals surface area contributed by atoms with Crippen LogP contribution in [-0.4, -0.2) is 17.9 Å². The summed E-state index contributed by atoms with van der Waals surface area (Å²) in [6.07, 6.45) is 3.69. The first kappa shape index (κ1) is 14.1. The van der Waals surface area contributed by atoms with E-state index in [0.29, 0.717) is 17.9 Å². The second-order valence-corrected chi connectivity index (χ2v) is 6.53. The summed E-state index contributed by atoms with van der Waals surface area (Å²) >= 11 is 0. The Morgan fingerprint density at radius 3 is 2.81 bits per heavy atom. The molecule has 0 aromatic heterocycles. The topological polar surface area (TPSA) is 58.2 Å². The third kappa shape index (κ3) is 2.94. The van der Waals surface area contributed by atoms with Crippen LogP contribution in [0.1, 0.15) is 49.0 Å². The first-order valence-corrected chi connectivity index (χ1v) is 7.76. The van der Waals surface area contributed by atoms with Crippen LogP contribution in [0.25, 0.3) is 0 Å². The van der Waals surface area contributed by atoms with Gasteiger partial charge in [-0.15, -0.1) is 0 Å². The fourth-order valence-electron chi connectivity index (χ4n) is 3.30. The fraction of sp³-hybridized carbons (Fsp3) is 0.529. The van der Waals surface area contributed by atoms with E-state index in [4.69, 9.17) is 0 Å². The van der Waals surface area contributed by atoms with E-state index >= 15 is 0 Å². The molecule has 3 rings (SSSR count). The van der Waals surface area contributed by atoms with Gasteiger partial charge < -0.3 is 10.6 Å². The predicted octanol–water partition coefficient (Wildman–Crippen LogP) is 2.74. The molecule has 0 saturated heterocycles.